The van der Waals surface area contributed by atoms with Crippen molar-refractivity contribution in [3.05, 3.63) is 70.8 Å². The molecule has 0 nitrogen and oxygen atoms in total. The Kier molecular flexibility index (Phi) is 2.42. The minimum absolute atomic E-state index is 0.365. The number of benzene rings is 2. The molecule has 0 radical (unpaired) electrons. The Morgan fingerprint density at radius 1 is 0.750 bits per heavy atom. The SMILES string of the molecule is CC(C)(C)C1CC2c3ccccc3C1c1ccccc12. The van der Waals surface area contributed by atoms with Crippen molar-refractivity contribution in [2.45, 2.75) is 39.0 Å². The molecular weight excluding hydrogens is 240 g/mol. The van der Waals surface area contributed by atoms with Crippen molar-refractivity contribution < 1.29 is 0 Å². The molecule has 0 heteroatoms. The smallest absolute Gasteiger partial charge is 0.0129 e. The van der Waals surface area contributed by atoms with Crippen LogP contribution >= 0.6 is 0 Å². The first-order chi connectivity index (χ1) is 9.57. The van der Waals surface area contributed by atoms with E-state index in [0.29, 0.717) is 17.3 Å². The summed E-state index contributed by atoms with van der Waals surface area (Å²) in [7, 11) is 0. The summed E-state index contributed by atoms with van der Waals surface area (Å²) in [5.41, 5.74) is 6.70. The molecule has 0 aliphatic heterocycles. The van der Waals surface area contributed by atoms with Crippen molar-refractivity contribution in [1.82, 2.24) is 0 Å². The maximum absolute atomic E-state index is 2.41. The highest BCUT2D eigenvalue weighted by Gasteiger charge is 2.46. The van der Waals surface area contributed by atoms with Crippen LogP contribution in [0.25, 0.3) is 0 Å². The van der Waals surface area contributed by atoms with E-state index in [1.807, 2.05) is 0 Å². The second-order valence-electron chi connectivity index (χ2n) is 7.50. The van der Waals surface area contributed by atoms with Gasteiger partial charge in [0, 0.05) is 11.8 Å². The van der Waals surface area contributed by atoms with Crippen molar-refractivity contribution >= 4 is 0 Å². The van der Waals surface area contributed by atoms with Crippen LogP contribution in [0.3, 0.4) is 0 Å². The number of hydrogen-bond donors (Lipinski definition) is 0. The zero-order chi connectivity index (χ0) is 13.9. The van der Waals surface area contributed by atoms with Crippen LogP contribution in [0.15, 0.2) is 48.5 Å². The molecule has 2 aromatic carbocycles. The van der Waals surface area contributed by atoms with Crippen molar-refractivity contribution in [3.8, 4) is 0 Å². The van der Waals surface area contributed by atoms with Gasteiger partial charge in [0.1, 0.15) is 0 Å². The molecule has 0 saturated heterocycles. The van der Waals surface area contributed by atoms with E-state index < -0.39 is 0 Å². The molecule has 0 fully saturated rings. The predicted molar refractivity (Wildman–Crippen MR) is 84.1 cm³/mol. The molecule has 3 aliphatic carbocycles. The maximum atomic E-state index is 2.41. The van der Waals surface area contributed by atoms with Crippen LogP contribution < -0.4 is 0 Å². The molecule has 0 spiro atoms. The molecule has 1 unspecified atom stereocenters. The van der Waals surface area contributed by atoms with Gasteiger partial charge in [-0.1, -0.05) is 69.3 Å². The van der Waals surface area contributed by atoms with E-state index in [-0.39, 0.29) is 0 Å². The van der Waals surface area contributed by atoms with E-state index in [4.69, 9.17) is 0 Å². The summed E-state index contributed by atoms with van der Waals surface area (Å²) in [5.74, 6) is 1.95. The average molecular weight is 262 g/mol. The standard InChI is InChI=1S/C20H22/c1-20(2,3)18-12-17-13-8-4-6-10-15(13)19(18)16-11-7-5-9-14(16)17/h4-11,17-19H,12H2,1-3H3. The molecule has 0 amide bonds. The van der Waals surface area contributed by atoms with Crippen molar-refractivity contribution in [3.63, 3.8) is 0 Å². The Bertz CT molecular complexity index is 612. The van der Waals surface area contributed by atoms with E-state index in [9.17, 15) is 0 Å². The number of rotatable bonds is 0. The van der Waals surface area contributed by atoms with E-state index in [2.05, 4.69) is 69.3 Å². The second-order valence-corrected chi connectivity index (χ2v) is 7.50. The van der Waals surface area contributed by atoms with E-state index in [0.717, 1.165) is 5.92 Å². The molecular formula is C20H22. The minimum atomic E-state index is 0.365. The predicted octanol–water partition coefficient (Wildman–Crippen LogP) is 5.33. The van der Waals surface area contributed by atoms with Gasteiger partial charge < -0.3 is 0 Å². The van der Waals surface area contributed by atoms with Crippen LogP contribution in [-0.4, -0.2) is 0 Å². The van der Waals surface area contributed by atoms with Gasteiger partial charge in [0.2, 0.25) is 0 Å². The molecule has 0 aromatic heterocycles. The van der Waals surface area contributed by atoms with Gasteiger partial charge in [0.25, 0.3) is 0 Å². The van der Waals surface area contributed by atoms with Gasteiger partial charge in [-0.05, 0) is 40.0 Å². The van der Waals surface area contributed by atoms with Gasteiger partial charge in [-0.15, -0.1) is 0 Å². The molecule has 102 valence electrons. The fourth-order valence-corrected chi connectivity index (χ4v) is 4.49. The Morgan fingerprint density at radius 2 is 1.20 bits per heavy atom. The van der Waals surface area contributed by atoms with Gasteiger partial charge >= 0.3 is 0 Å². The fraction of sp³-hybridized carbons (Fsp3) is 0.400. The minimum Gasteiger partial charge on any atom is -0.0620 e. The molecule has 0 heterocycles. The largest absolute Gasteiger partial charge is 0.0620 e. The lowest BCUT2D eigenvalue weighted by Crippen LogP contribution is -2.38. The van der Waals surface area contributed by atoms with Crippen molar-refractivity contribution in [2.24, 2.45) is 11.3 Å². The molecule has 3 aliphatic rings. The summed E-state index contributed by atoms with van der Waals surface area (Å²) < 4.78 is 0. The first-order valence-electron chi connectivity index (χ1n) is 7.75. The van der Waals surface area contributed by atoms with Gasteiger partial charge in [0.05, 0.1) is 0 Å². The zero-order valence-electron chi connectivity index (χ0n) is 12.6. The lowest BCUT2D eigenvalue weighted by Gasteiger charge is -2.50. The Hall–Kier alpha value is -1.56. The monoisotopic (exact) mass is 262 g/mol. The highest BCUT2D eigenvalue weighted by molar-refractivity contribution is 5.55. The summed E-state index contributed by atoms with van der Waals surface area (Å²) in [4.78, 5) is 0. The van der Waals surface area contributed by atoms with Gasteiger partial charge in [-0.3, -0.25) is 0 Å². The van der Waals surface area contributed by atoms with Crippen LogP contribution in [0.5, 0.6) is 0 Å². The molecule has 20 heavy (non-hydrogen) atoms. The van der Waals surface area contributed by atoms with Gasteiger partial charge in [0.15, 0.2) is 0 Å². The van der Waals surface area contributed by atoms with E-state index >= 15 is 0 Å². The second kappa shape index (κ2) is 3.97. The molecule has 1 atom stereocenters. The molecule has 0 saturated carbocycles. The average Bonchev–Trinajstić information content (AvgIpc) is 2.46. The summed E-state index contributed by atoms with van der Waals surface area (Å²) in [6.45, 7) is 7.22. The van der Waals surface area contributed by atoms with Crippen LogP contribution in [-0.2, 0) is 0 Å². The lowest BCUT2D eigenvalue weighted by molar-refractivity contribution is 0.173. The lowest BCUT2D eigenvalue weighted by atomic mass is 9.54. The quantitative estimate of drug-likeness (QED) is 0.602. The maximum Gasteiger partial charge on any atom is 0.0129 e. The Balaban J connectivity index is 1.98. The number of hydrogen-bond acceptors (Lipinski definition) is 0. The van der Waals surface area contributed by atoms with E-state index in [1.54, 1.807) is 22.3 Å². The van der Waals surface area contributed by atoms with Crippen LogP contribution in [0.2, 0.25) is 0 Å². The Morgan fingerprint density at radius 3 is 1.65 bits per heavy atom. The molecule has 0 N–H and O–H groups in total. The van der Waals surface area contributed by atoms with Gasteiger partial charge in [-0.25, -0.2) is 0 Å². The first-order valence-corrected chi connectivity index (χ1v) is 7.75. The summed E-state index contributed by atoms with van der Waals surface area (Å²) in [6, 6.07) is 18.2. The third kappa shape index (κ3) is 1.54. The molecule has 2 bridgehead atoms. The summed E-state index contributed by atoms with van der Waals surface area (Å²) in [6.07, 6.45) is 1.31. The van der Waals surface area contributed by atoms with Crippen LogP contribution in [0.4, 0.5) is 0 Å². The number of fused-ring (bicyclic) bond motifs is 1. The third-order valence-corrected chi connectivity index (χ3v) is 5.42. The first kappa shape index (κ1) is 12.2. The van der Waals surface area contributed by atoms with Crippen molar-refractivity contribution in [2.75, 3.05) is 0 Å². The highest BCUT2D eigenvalue weighted by Crippen LogP contribution is 2.59. The summed E-state index contributed by atoms with van der Waals surface area (Å²) in [5, 5.41) is 0. The summed E-state index contributed by atoms with van der Waals surface area (Å²) >= 11 is 0. The van der Waals surface area contributed by atoms with Crippen molar-refractivity contribution in [1.29, 1.82) is 0 Å². The third-order valence-electron chi connectivity index (χ3n) is 5.42. The molecule has 5 rings (SSSR count). The van der Waals surface area contributed by atoms with Gasteiger partial charge in [-0.2, -0.15) is 0 Å². The zero-order valence-corrected chi connectivity index (χ0v) is 12.6. The van der Waals surface area contributed by atoms with Crippen LogP contribution in [0, 0.1) is 11.3 Å². The normalized spacial score (nSPS) is 27.1. The fourth-order valence-electron chi connectivity index (χ4n) is 4.49. The Labute approximate surface area is 121 Å². The van der Waals surface area contributed by atoms with E-state index in [1.165, 1.54) is 6.42 Å². The topological polar surface area (TPSA) is 0 Å². The molecule has 2 aromatic rings. The highest BCUT2D eigenvalue weighted by atomic mass is 14.5. The van der Waals surface area contributed by atoms with Crippen LogP contribution in [0.1, 0.15) is 61.3 Å².